The van der Waals surface area contributed by atoms with Crippen molar-refractivity contribution in [1.29, 1.82) is 0 Å². The highest BCUT2D eigenvalue weighted by Gasteiger charge is 2.19. The summed E-state index contributed by atoms with van der Waals surface area (Å²) in [6.07, 6.45) is 1.26. The van der Waals surface area contributed by atoms with Gasteiger partial charge in [-0.05, 0) is 24.3 Å². The van der Waals surface area contributed by atoms with Crippen LogP contribution in [0.1, 0.15) is 21.7 Å². The number of ether oxygens (including phenoxy) is 1. The van der Waals surface area contributed by atoms with Gasteiger partial charge in [0.2, 0.25) is 11.8 Å². The van der Waals surface area contributed by atoms with E-state index in [9.17, 15) is 18.7 Å². The molecule has 0 atom stereocenters. The number of carbonyl (C=O) groups excluding carboxylic acids is 1. The summed E-state index contributed by atoms with van der Waals surface area (Å²) in [6.45, 7) is -0.556. The molecule has 3 N–H and O–H groups in total. The molecule has 2 heterocycles. The topological polar surface area (TPSA) is 111 Å². The third-order valence-corrected chi connectivity index (χ3v) is 3.59. The molecule has 0 saturated heterocycles. The van der Waals surface area contributed by atoms with Crippen molar-refractivity contribution >= 4 is 5.91 Å². The number of aromatic nitrogens is 2. The second-order valence-electron chi connectivity index (χ2n) is 5.26. The van der Waals surface area contributed by atoms with Crippen molar-refractivity contribution < 1.29 is 27.9 Å². The summed E-state index contributed by atoms with van der Waals surface area (Å²) in [4.78, 5) is 15.0. The maximum Gasteiger partial charge on any atom is 0.250 e. The molecule has 134 valence electrons. The number of nitrogens with zero attached hydrogens (tertiary/aromatic N) is 2. The Kier molecular flexibility index (Phi) is 4.90. The molecule has 7 nitrogen and oxygen atoms in total. The van der Waals surface area contributed by atoms with Crippen LogP contribution < -0.4 is 10.5 Å². The number of rotatable bonds is 6. The summed E-state index contributed by atoms with van der Waals surface area (Å²) in [7, 11) is 0. The number of primary amides is 1. The monoisotopic (exact) mass is 361 g/mol. The van der Waals surface area contributed by atoms with Gasteiger partial charge in [-0.3, -0.25) is 4.79 Å². The van der Waals surface area contributed by atoms with E-state index in [1.807, 2.05) is 0 Å². The molecule has 0 bridgehead atoms. The molecular formula is C17H13F2N3O4. The van der Waals surface area contributed by atoms with E-state index in [1.165, 1.54) is 24.4 Å². The number of carbonyl (C=O) groups is 1. The van der Waals surface area contributed by atoms with Crippen LogP contribution in [0.3, 0.4) is 0 Å². The van der Waals surface area contributed by atoms with E-state index in [-0.39, 0.29) is 35.1 Å². The van der Waals surface area contributed by atoms with Gasteiger partial charge in [0.1, 0.15) is 18.9 Å². The molecule has 0 aliphatic carbocycles. The standard InChI is InChI=1S/C17H13F2N3O4/c18-12-3-1-9(5-13(12)19)16-11(14(7-23)26-22-16)8-25-15-4-2-10(6-21-15)17(20)24/h1-6,23H,7-8H2,(H2,20,24). The molecule has 0 unspecified atom stereocenters. The van der Waals surface area contributed by atoms with Gasteiger partial charge in [-0.25, -0.2) is 13.8 Å². The molecule has 9 heteroatoms. The van der Waals surface area contributed by atoms with Crippen LogP contribution in [0.5, 0.6) is 5.88 Å². The lowest BCUT2D eigenvalue weighted by Gasteiger charge is -2.07. The summed E-state index contributed by atoms with van der Waals surface area (Å²) < 4.78 is 37.1. The first-order chi connectivity index (χ1) is 12.5. The van der Waals surface area contributed by atoms with Crippen LogP contribution in [0.15, 0.2) is 41.1 Å². The zero-order valence-electron chi connectivity index (χ0n) is 13.3. The number of hydrogen-bond donors (Lipinski definition) is 2. The van der Waals surface area contributed by atoms with E-state index >= 15 is 0 Å². The average Bonchev–Trinajstić information content (AvgIpc) is 3.05. The van der Waals surface area contributed by atoms with Crippen molar-refractivity contribution in [3.63, 3.8) is 0 Å². The van der Waals surface area contributed by atoms with Crippen LogP contribution in [0.2, 0.25) is 0 Å². The van der Waals surface area contributed by atoms with Gasteiger partial charge in [0, 0.05) is 17.8 Å². The van der Waals surface area contributed by atoms with Gasteiger partial charge >= 0.3 is 0 Å². The summed E-state index contributed by atoms with van der Waals surface area (Å²) in [5, 5.41) is 13.2. The van der Waals surface area contributed by atoms with Crippen molar-refractivity contribution in [2.75, 3.05) is 0 Å². The molecule has 0 aliphatic rings. The Balaban J connectivity index is 1.85. The van der Waals surface area contributed by atoms with E-state index in [4.69, 9.17) is 15.0 Å². The molecular weight excluding hydrogens is 348 g/mol. The number of halogens is 2. The summed E-state index contributed by atoms with van der Waals surface area (Å²) in [5.41, 5.74) is 6.19. The van der Waals surface area contributed by atoms with Gasteiger partial charge in [0.05, 0.1) is 11.1 Å². The quantitative estimate of drug-likeness (QED) is 0.696. The fourth-order valence-corrected chi connectivity index (χ4v) is 2.24. The highest BCUT2D eigenvalue weighted by molar-refractivity contribution is 5.92. The SMILES string of the molecule is NC(=O)c1ccc(OCc2c(-c3ccc(F)c(F)c3)noc2CO)nc1. The van der Waals surface area contributed by atoms with Crippen molar-refractivity contribution in [2.24, 2.45) is 5.73 Å². The minimum absolute atomic E-state index is 0.101. The molecule has 0 saturated carbocycles. The molecule has 26 heavy (non-hydrogen) atoms. The fraction of sp³-hybridized carbons (Fsp3) is 0.118. The first-order valence-electron chi connectivity index (χ1n) is 7.42. The van der Waals surface area contributed by atoms with Crippen molar-refractivity contribution in [3.05, 3.63) is 65.1 Å². The lowest BCUT2D eigenvalue weighted by atomic mass is 10.1. The first kappa shape index (κ1) is 17.5. The van der Waals surface area contributed by atoms with Crippen LogP contribution in [0, 0.1) is 11.6 Å². The normalized spacial score (nSPS) is 10.7. The third-order valence-electron chi connectivity index (χ3n) is 3.59. The van der Waals surface area contributed by atoms with E-state index in [1.54, 1.807) is 0 Å². The van der Waals surface area contributed by atoms with Crippen LogP contribution >= 0.6 is 0 Å². The molecule has 0 spiro atoms. The fourth-order valence-electron chi connectivity index (χ4n) is 2.24. The number of amides is 1. The lowest BCUT2D eigenvalue weighted by Crippen LogP contribution is -2.11. The molecule has 1 amide bonds. The van der Waals surface area contributed by atoms with Gasteiger partial charge in [-0.1, -0.05) is 5.16 Å². The Hall–Kier alpha value is -3.33. The second-order valence-corrected chi connectivity index (χ2v) is 5.26. The number of nitrogens with two attached hydrogens (primary N) is 1. The summed E-state index contributed by atoms with van der Waals surface area (Å²) >= 11 is 0. The predicted molar refractivity (Wildman–Crippen MR) is 84.9 cm³/mol. The van der Waals surface area contributed by atoms with E-state index in [0.717, 1.165) is 12.1 Å². The molecule has 0 aliphatic heterocycles. The Bertz CT molecular complexity index is 942. The molecule has 3 rings (SSSR count). The number of pyridine rings is 1. The highest BCUT2D eigenvalue weighted by atomic mass is 19.2. The van der Waals surface area contributed by atoms with Crippen LogP contribution in [0.4, 0.5) is 8.78 Å². The Morgan fingerprint density at radius 3 is 2.65 bits per heavy atom. The maximum atomic E-state index is 13.5. The van der Waals surface area contributed by atoms with Crippen LogP contribution in [0.25, 0.3) is 11.3 Å². The smallest absolute Gasteiger partial charge is 0.250 e. The van der Waals surface area contributed by atoms with E-state index in [0.29, 0.717) is 5.56 Å². The zero-order chi connectivity index (χ0) is 18.7. The minimum atomic E-state index is -1.04. The average molecular weight is 361 g/mol. The summed E-state index contributed by atoms with van der Waals surface area (Å²) in [6, 6.07) is 6.16. The van der Waals surface area contributed by atoms with E-state index in [2.05, 4.69) is 10.1 Å². The van der Waals surface area contributed by atoms with Crippen LogP contribution in [-0.2, 0) is 13.2 Å². The molecule has 1 aromatic carbocycles. The number of benzene rings is 1. The van der Waals surface area contributed by atoms with E-state index < -0.39 is 24.1 Å². The zero-order valence-corrected chi connectivity index (χ0v) is 13.3. The Morgan fingerprint density at radius 1 is 1.23 bits per heavy atom. The Labute approximate surface area is 146 Å². The lowest BCUT2D eigenvalue weighted by molar-refractivity contribution is 0.1000. The number of hydrogen-bond acceptors (Lipinski definition) is 6. The van der Waals surface area contributed by atoms with Crippen molar-refractivity contribution in [1.82, 2.24) is 10.1 Å². The summed E-state index contributed by atoms with van der Waals surface area (Å²) in [5.74, 6) is -2.33. The highest BCUT2D eigenvalue weighted by Crippen LogP contribution is 2.28. The van der Waals surface area contributed by atoms with Gasteiger partial charge in [0.25, 0.3) is 0 Å². The predicted octanol–water partition coefficient (Wildman–Crippen LogP) is 2.19. The van der Waals surface area contributed by atoms with Gasteiger partial charge in [-0.2, -0.15) is 0 Å². The molecule has 2 aromatic heterocycles. The molecule has 0 radical (unpaired) electrons. The third kappa shape index (κ3) is 3.52. The van der Waals surface area contributed by atoms with Gasteiger partial charge in [-0.15, -0.1) is 0 Å². The van der Waals surface area contributed by atoms with Gasteiger partial charge in [0.15, 0.2) is 17.4 Å². The van der Waals surface area contributed by atoms with Crippen LogP contribution in [-0.4, -0.2) is 21.2 Å². The second kappa shape index (κ2) is 7.28. The largest absolute Gasteiger partial charge is 0.473 e. The van der Waals surface area contributed by atoms with Crippen molar-refractivity contribution in [2.45, 2.75) is 13.2 Å². The van der Waals surface area contributed by atoms with Gasteiger partial charge < -0.3 is 20.1 Å². The number of aliphatic hydroxyl groups is 1. The first-order valence-corrected chi connectivity index (χ1v) is 7.42. The molecule has 0 fully saturated rings. The minimum Gasteiger partial charge on any atom is -0.473 e. The number of aliphatic hydroxyl groups excluding tert-OH is 1. The Morgan fingerprint density at radius 2 is 2.04 bits per heavy atom. The molecule has 3 aromatic rings. The van der Waals surface area contributed by atoms with Crippen molar-refractivity contribution in [3.8, 4) is 17.1 Å². The maximum absolute atomic E-state index is 13.5.